The molecule has 0 bridgehead atoms. The van der Waals surface area contributed by atoms with Gasteiger partial charge in [-0.15, -0.1) is 10.2 Å². The van der Waals surface area contributed by atoms with E-state index in [0.29, 0.717) is 22.7 Å². The van der Waals surface area contributed by atoms with Crippen LogP contribution in [0.5, 0.6) is 0 Å². The van der Waals surface area contributed by atoms with Gasteiger partial charge in [-0.05, 0) is 42.5 Å². The third kappa shape index (κ3) is 4.19. The average molecular weight is 349 g/mol. The minimum Gasteiger partial charge on any atom is -0.346 e. The first-order valence-electron chi connectivity index (χ1n) is 7.91. The van der Waals surface area contributed by atoms with E-state index < -0.39 is 6.03 Å². The van der Waals surface area contributed by atoms with Gasteiger partial charge in [0.25, 0.3) is 0 Å². The van der Waals surface area contributed by atoms with Crippen molar-refractivity contribution >= 4 is 33.3 Å². The molecule has 1 aromatic heterocycles. The van der Waals surface area contributed by atoms with Gasteiger partial charge >= 0.3 is 6.03 Å². The van der Waals surface area contributed by atoms with Crippen LogP contribution >= 0.6 is 11.3 Å². The number of anilines is 3. The summed E-state index contributed by atoms with van der Waals surface area (Å²) in [5, 5.41) is 14.8. The minimum absolute atomic E-state index is 0.347. The summed E-state index contributed by atoms with van der Waals surface area (Å²) < 4.78 is 12.9. The van der Waals surface area contributed by atoms with Gasteiger partial charge in [0.15, 0.2) is 0 Å². The molecular formula is C16H20FN5OS. The lowest BCUT2D eigenvalue weighted by atomic mass is 9.92. The largest absolute Gasteiger partial charge is 0.346 e. The Hall–Kier alpha value is -2.22. The standard InChI is InChI=1S/C16H20FN5OS/c1-10-7-11(2)9-22(8-10)16-21-20-15(24-16)19-14(23)18-13-5-3-12(17)4-6-13/h3-6,10-11H,7-9H2,1-2H3,(H2,18,19,20,23)/t10-,11-/m1/s1. The molecule has 1 fully saturated rings. The van der Waals surface area contributed by atoms with Gasteiger partial charge in [-0.1, -0.05) is 25.2 Å². The van der Waals surface area contributed by atoms with Crippen molar-refractivity contribution < 1.29 is 9.18 Å². The first-order chi connectivity index (χ1) is 11.5. The van der Waals surface area contributed by atoms with E-state index in [9.17, 15) is 9.18 Å². The van der Waals surface area contributed by atoms with Crippen LogP contribution < -0.4 is 15.5 Å². The van der Waals surface area contributed by atoms with Crippen molar-refractivity contribution in [2.45, 2.75) is 20.3 Å². The van der Waals surface area contributed by atoms with Crippen LogP contribution in [0.4, 0.5) is 25.1 Å². The average Bonchev–Trinajstić information content (AvgIpc) is 2.97. The Morgan fingerprint density at radius 3 is 2.50 bits per heavy atom. The quantitative estimate of drug-likeness (QED) is 0.884. The van der Waals surface area contributed by atoms with E-state index in [1.807, 2.05) is 0 Å². The first kappa shape index (κ1) is 16.6. The summed E-state index contributed by atoms with van der Waals surface area (Å²) in [5.41, 5.74) is 0.511. The number of piperidine rings is 1. The van der Waals surface area contributed by atoms with Gasteiger partial charge in [0.2, 0.25) is 10.3 Å². The summed E-state index contributed by atoms with van der Waals surface area (Å²) in [7, 11) is 0. The fraction of sp³-hybridized carbons (Fsp3) is 0.438. The topological polar surface area (TPSA) is 70.2 Å². The van der Waals surface area contributed by atoms with Crippen molar-refractivity contribution in [3.8, 4) is 0 Å². The van der Waals surface area contributed by atoms with Gasteiger partial charge in [-0.3, -0.25) is 5.32 Å². The van der Waals surface area contributed by atoms with Gasteiger partial charge in [-0.25, -0.2) is 9.18 Å². The van der Waals surface area contributed by atoms with E-state index in [0.717, 1.165) is 18.2 Å². The van der Waals surface area contributed by atoms with Crippen LogP contribution in [0.2, 0.25) is 0 Å². The lowest BCUT2D eigenvalue weighted by molar-refractivity contribution is 0.262. The maximum Gasteiger partial charge on any atom is 0.325 e. The number of aromatic nitrogens is 2. The zero-order valence-corrected chi connectivity index (χ0v) is 14.4. The highest BCUT2D eigenvalue weighted by atomic mass is 32.1. The normalized spacial score (nSPS) is 20.7. The lowest BCUT2D eigenvalue weighted by Crippen LogP contribution is -2.38. The van der Waals surface area contributed by atoms with E-state index >= 15 is 0 Å². The van der Waals surface area contributed by atoms with Crippen LogP contribution in [-0.4, -0.2) is 29.3 Å². The molecule has 6 nitrogen and oxygen atoms in total. The summed E-state index contributed by atoms with van der Waals surface area (Å²) in [4.78, 5) is 14.2. The van der Waals surface area contributed by atoms with Gasteiger partial charge < -0.3 is 10.2 Å². The molecule has 2 atom stereocenters. The predicted octanol–water partition coefficient (Wildman–Crippen LogP) is 3.80. The van der Waals surface area contributed by atoms with Gasteiger partial charge in [0.1, 0.15) is 5.82 Å². The number of nitrogens with zero attached hydrogens (tertiary/aromatic N) is 3. The van der Waals surface area contributed by atoms with Crippen LogP contribution in [0.1, 0.15) is 20.3 Å². The van der Waals surface area contributed by atoms with Crippen LogP contribution in [0.25, 0.3) is 0 Å². The molecule has 1 aromatic carbocycles. The van der Waals surface area contributed by atoms with Crippen molar-refractivity contribution in [3.63, 3.8) is 0 Å². The molecule has 0 aliphatic carbocycles. The minimum atomic E-state index is -0.426. The lowest BCUT2D eigenvalue weighted by Gasteiger charge is -2.34. The highest BCUT2D eigenvalue weighted by Gasteiger charge is 2.24. The second kappa shape index (κ2) is 7.12. The summed E-state index contributed by atoms with van der Waals surface area (Å²) in [6.45, 7) is 6.39. The van der Waals surface area contributed by atoms with Gasteiger partial charge in [0, 0.05) is 18.8 Å². The summed E-state index contributed by atoms with van der Waals surface area (Å²) in [5.74, 6) is 0.895. The maximum absolute atomic E-state index is 12.9. The zero-order chi connectivity index (χ0) is 17.1. The number of rotatable bonds is 3. The Balaban J connectivity index is 1.59. The number of carbonyl (C=O) groups is 1. The number of nitrogens with one attached hydrogen (secondary N) is 2. The Kier molecular flexibility index (Phi) is 4.94. The molecule has 2 aromatic rings. The molecule has 1 aliphatic rings. The molecule has 1 aliphatic heterocycles. The van der Waals surface area contributed by atoms with E-state index in [1.54, 1.807) is 0 Å². The number of urea groups is 1. The number of amides is 2. The Bertz CT molecular complexity index is 695. The third-order valence-electron chi connectivity index (χ3n) is 3.88. The summed E-state index contributed by atoms with van der Waals surface area (Å²) in [6, 6.07) is 5.15. The molecule has 0 saturated carbocycles. The monoisotopic (exact) mass is 349 g/mol. The first-order valence-corrected chi connectivity index (χ1v) is 8.73. The molecular weight excluding hydrogens is 329 g/mol. The van der Waals surface area contributed by atoms with Crippen molar-refractivity contribution in [2.75, 3.05) is 28.6 Å². The molecule has 3 rings (SSSR count). The molecule has 0 spiro atoms. The smallest absolute Gasteiger partial charge is 0.325 e. The predicted molar refractivity (Wildman–Crippen MR) is 94.1 cm³/mol. The maximum atomic E-state index is 12.9. The summed E-state index contributed by atoms with van der Waals surface area (Å²) in [6.07, 6.45) is 1.22. The Labute approximate surface area is 144 Å². The van der Waals surface area contributed by atoms with Crippen LogP contribution in [0, 0.1) is 17.7 Å². The van der Waals surface area contributed by atoms with Crippen molar-refractivity contribution in [1.82, 2.24) is 10.2 Å². The highest BCUT2D eigenvalue weighted by Crippen LogP contribution is 2.30. The van der Waals surface area contributed by atoms with E-state index in [1.165, 1.54) is 42.0 Å². The van der Waals surface area contributed by atoms with Crippen LogP contribution in [0.15, 0.2) is 24.3 Å². The van der Waals surface area contributed by atoms with Gasteiger partial charge in [-0.2, -0.15) is 0 Å². The van der Waals surface area contributed by atoms with E-state index in [4.69, 9.17) is 0 Å². The molecule has 128 valence electrons. The van der Waals surface area contributed by atoms with Crippen LogP contribution in [-0.2, 0) is 0 Å². The van der Waals surface area contributed by atoms with Crippen molar-refractivity contribution in [1.29, 1.82) is 0 Å². The van der Waals surface area contributed by atoms with Crippen molar-refractivity contribution in [3.05, 3.63) is 30.1 Å². The van der Waals surface area contributed by atoms with Crippen molar-refractivity contribution in [2.24, 2.45) is 11.8 Å². The second-order valence-corrected chi connectivity index (χ2v) is 7.28. The Morgan fingerprint density at radius 2 is 1.83 bits per heavy atom. The second-order valence-electron chi connectivity index (χ2n) is 6.33. The number of benzene rings is 1. The SMILES string of the molecule is C[C@@H]1C[C@@H](C)CN(c2nnc(NC(=O)Nc3ccc(F)cc3)s2)C1. The van der Waals surface area contributed by atoms with Gasteiger partial charge in [0.05, 0.1) is 0 Å². The number of hydrogen-bond acceptors (Lipinski definition) is 5. The molecule has 0 unspecified atom stereocenters. The Morgan fingerprint density at radius 1 is 1.17 bits per heavy atom. The molecule has 2 amide bonds. The third-order valence-corrected chi connectivity index (χ3v) is 4.78. The number of hydrogen-bond donors (Lipinski definition) is 2. The molecule has 1 saturated heterocycles. The molecule has 8 heteroatoms. The number of carbonyl (C=O) groups excluding carboxylic acids is 1. The fourth-order valence-corrected chi connectivity index (χ4v) is 3.76. The molecule has 24 heavy (non-hydrogen) atoms. The highest BCUT2D eigenvalue weighted by molar-refractivity contribution is 7.19. The summed E-state index contributed by atoms with van der Waals surface area (Å²) >= 11 is 1.36. The van der Waals surface area contributed by atoms with E-state index in [-0.39, 0.29) is 5.82 Å². The van der Waals surface area contributed by atoms with E-state index in [2.05, 4.69) is 39.6 Å². The number of halogens is 1. The molecule has 0 radical (unpaired) electrons. The fourth-order valence-electron chi connectivity index (χ4n) is 3.01. The molecule has 2 N–H and O–H groups in total. The zero-order valence-electron chi connectivity index (χ0n) is 13.6. The van der Waals surface area contributed by atoms with Crippen LogP contribution in [0.3, 0.4) is 0 Å². The molecule has 2 heterocycles.